The SMILES string of the molecule is CCNc1ccc(Cl)c(C(=O)NCc2ncc(C)s2)n1. The third-order valence-electron chi connectivity index (χ3n) is 2.49. The van der Waals surface area contributed by atoms with Crippen LogP contribution in [0.4, 0.5) is 5.82 Å². The Morgan fingerprint density at radius 3 is 2.90 bits per heavy atom. The summed E-state index contributed by atoms with van der Waals surface area (Å²) in [7, 11) is 0. The summed E-state index contributed by atoms with van der Waals surface area (Å²) in [5.41, 5.74) is 0.221. The van der Waals surface area contributed by atoms with Crippen LogP contribution in [-0.4, -0.2) is 22.4 Å². The van der Waals surface area contributed by atoms with Crippen molar-refractivity contribution in [3.63, 3.8) is 0 Å². The smallest absolute Gasteiger partial charge is 0.271 e. The summed E-state index contributed by atoms with van der Waals surface area (Å²) < 4.78 is 0. The second kappa shape index (κ2) is 6.67. The zero-order valence-electron chi connectivity index (χ0n) is 11.2. The van der Waals surface area contributed by atoms with Gasteiger partial charge >= 0.3 is 0 Å². The third kappa shape index (κ3) is 3.68. The molecule has 0 radical (unpaired) electrons. The summed E-state index contributed by atoms with van der Waals surface area (Å²) in [6.07, 6.45) is 1.78. The molecule has 2 aromatic rings. The number of nitrogens with zero attached hydrogens (tertiary/aromatic N) is 2. The van der Waals surface area contributed by atoms with Crippen LogP contribution in [0.3, 0.4) is 0 Å². The molecule has 0 aromatic carbocycles. The van der Waals surface area contributed by atoms with Crippen LogP contribution < -0.4 is 10.6 Å². The molecule has 106 valence electrons. The lowest BCUT2D eigenvalue weighted by Crippen LogP contribution is -2.24. The second-order valence-electron chi connectivity index (χ2n) is 4.10. The van der Waals surface area contributed by atoms with Crippen molar-refractivity contribution in [2.24, 2.45) is 0 Å². The van der Waals surface area contributed by atoms with E-state index in [2.05, 4.69) is 20.6 Å². The summed E-state index contributed by atoms with van der Waals surface area (Å²) in [6, 6.07) is 3.40. The summed E-state index contributed by atoms with van der Waals surface area (Å²) >= 11 is 7.56. The van der Waals surface area contributed by atoms with Crippen molar-refractivity contribution in [1.82, 2.24) is 15.3 Å². The van der Waals surface area contributed by atoms with Crippen molar-refractivity contribution in [2.75, 3.05) is 11.9 Å². The molecule has 2 heterocycles. The predicted octanol–water partition coefficient (Wildman–Crippen LogP) is 2.86. The first-order valence-electron chi connectivity index (χ1n) is 6.20. The Morgan fingerprint density at radius 2 is 2.25 bits per heavy atom. The first-order chi connectivity index (χ1) is 9.60. The van der Waals surface area contributed by atoms with Crippen LogP contribution >= 0.6 is 22.9 Å². The molecule has 2 aromatic heterocycles. The van der Waals surface area contributed by atoms with E-state index in [1.807, 2.05) is 13.8 Å². The fourth-order valence-electron chi connectivity index (χ4n) is 1.60. The van der Waals surface area contributed by atoms with Crippen LogP contribution in [0, 0.1) is 6.92 Å². The van der Waals surface area contributed by atoms with Gasteiger partial charge in [-0.15, -0.1) is 11.3 Å². The number of pyridine rings is 1. The minimum Gasteiger partial charge on any atom is -0.370 e. The van der Waals surface area contributed by atoms with Crippen molar-refractivity contribution < 1.29 is 4.79 Å². The van der Waals surface area contributed by atoms with Gasteiger partial charge in [0.05, 0.1) is 11.6 Å². The lowest BCUT2D eigenvalue weighted by Gasteiger charge is -2.07. The van der Waals surface area contributed by atoms with Gasteiger partial charge in [0, 0.05) is 17.6 Å². The molecule has 0 unspecified atom stereocenters. The molecule has 0 spiro atoms. The Labute approximate surface area is 126 Å². The average molecular weight is 311 g/mol. The molecule has 2 rings (SSSR count). The van der Waals surface area contributed by atoms with Crippen molar-refractivity contribution >= 4 is 34.7 Å². The Kier molecular flexibility index (Phi) is 4.92. The lowest BCUT2D eigenvalue weighted by atomic mass is 10.3. The molecule has 0 atom stereocenters. The number of thiazole rings is 1. The van der Waals surface area contributed by atoms with Gasteiger partial charge in [-0.05, 0) is 26.0 Å². The highest BCUT2D eigenvalue weighted by Gasteiger charge is 2.13. The number of halogens is 1. The average Bonchev–Trinajstić information content (AvgIpc) is 2.84. The molecule has 1 amide bonds. The van der Waals surface area contributed by atoms with Crippen LogP contribution in [0.15, 0.2) is 18.3 Å². The Bertz CT molecular complexity index is 614. The normalized spacial score (nSPS) is 10.3. The maximum absolute atomic E-state index is 12.1. The standard InChI is InChI=1S/C13H15ClN4OS/c1-3-15-10-5-4-9(14)12(18-10)13(19)17-7-11-16-6-8(2)20-11/h4-6H,3,7H2,1-2H3,(H,15,18)(H,17,19). The van der Waals surface area contributed by atoms with Crippen molar-refractivity contribution in [1.29, 1.82) is 0 Å². The quantitative estimate of drug-likeness (QED) is 0.891. The number of anilines is 1. The Morgan fingerprint density at radius 1 is 1.45 bits per heavy atom. The molecule has 0 saturated heterocycles. The lowest BCUT2D eigenvalue weighted by molar-refractivity contribution is 0.0946. The molecule has 0 bridgehead atoms. The molecule has 2 N–H and O–H groups in total. The number of carbonyl (C=O) groups excluding carboxylic acids is 1. The minimum absolute atomic E-state index is 0.221. The molecule has 20 heavy (non-hydrogen) atoms. The van der Waals surface area contributed by atoms with E-state index < -0.39 is 0 Å². The van der Waals surface area contributed by atoms with Gasteiger partial charge in [-0.3, -0.25) is 4.79 Å². The first kappa shape index (κ1) is 14.7. The van der Waals surface area contributed by atoms with E-state index in [1.54, 1.807) is 29.7 Å². The van der Waals surface area contributed by atoms with Gasteiger partial charge in [0.15, 0.2) is 0 Å². The maximum atomic E-state index is 12.1. The Hall–Kier alpha value is -1.66. The number of aromatic nitrogens is 2. The maximum Gasteiger partial charge on any atom is 0.271 e. The van der Waals surface area contributed by atoms with Crippen LogP contribution in [0.2, 0.25) is 5.02 Å². The highest BCUT2D eigenvalue weighted by atomic mass is 35.5. The number of nitrogens with one attached hydrogen (secondary N) is 2. The summed E-state index contributed by atoms with van der Waals surface area (Å²) in [5.74, 6) is 0.328. The van der Waals surface area contributed by atoms with E-state index >= 15 is 0 Å². The fraction of sp³-hybridized carbons (Fsp3) is 0.308. The molecule has 0 saturated carbocycles. The number of rotatable bonds is 5. The monoisotopic (exact) mass is 310 g/mol. The van der Waals surface area contributed by atoms with Gasteiger partial charge in [-0.2, -0.15) is 0 Å². The van der Waals surface area contributed by atoms with Gasteiger partial charge in [0.1, 0.15) is 16.5 Å². The summed E-state index contributed by atoms with van der Waals surface area (Å²) in [4.78, 5) is 21.6. The second-order valence-corrected chi connectivity index (χ2v) is 5.83. The predicted molar refractivity (Wildman–Crippen MR) is 81.4 cm³/mol. The number of aryl methyl sites for hydroxylation is 1. The number of hydrogen-bond donors (Lipinski definition) is 2. The molecular formula is C13H15ClN4OS. The van der Waals surface area contributed by atoms with E-state index in [-0.39, 0.29) is 11.6 Å². The van der Waals surface area contributed by atoms with Crippen LogP contribution in [0.25, 0.3) is 0 Å². The zero-order valence-corrected chi connectivity index (χ0v) is 12.8. The number of hydrogen-bond acceptors (Lipinski definition) is 5. The van der Waals surface area contributed by atoms with E-state index in [0.717, 1.165) is 16.4 Å². The third-order valence-corrected chi connectivity index (χ3v) is 3.71. The largest absolute Gasteiger partial charge is 0.370 e. The highest BCUT2D eigenvalue weighted by Crippen LogP contribution is 2.17. The van der Waals surface area contributed by atoms with E-state index in [9.17, 15) is 4.79 Å². The van der Waals surface area contributed by atoms with Crippen LogP contribution in [-0.2, 0) is 6.54 Å². The molecule has 0 aliphatic rings. The molecule has 5 nitrogen and oxygen atoms in total. The van der Waals surface area contributed by atoms with Crippen molar-refractivity contribution in [2.45, 2.75) is 20.4 Å². The van der Waals surface area contributed by atoms with Crippen LogP contribution in [0.5, 0.6) is 0 Å². The molecule has 0 aliphatic heterocycles. The molecular weight excluding hydrogens is 296 g/mol. The van der Waals surface area contributed by atoms with Gasteiger partial charge in [-0.25, -0.2) is 9.97 Å². The Balaban J connectivity index is 2.06. The van der Waals surface area contributed by atoms with Gasteiger partial charge < -0.3 is 10.6 Å². The fourth-order valence-corrected chi connectivity index (χ4v) is 2.52. The van der Waals surface area contributed by atoms with Gasteiger partial charge in [0.25, 0.3) is 5.91 Å². The van der Waals surface area contributed by atoms with Crippen molar-refractivity contribution in [3.05, 3.63) is 38.9 Å². The van der Waals surface area contributed by atoms with Crippen molar-refractivity contribution in [3.8, 4) is 0 Å². The summed E-state index contributed by atoms with van der Waals surface area (Å²) in [5, 5.41) is 7.01. The molecule has 7 heteroatoms. The van der Waals surface area contributed by atoms with Gasteiger partial charge in [-0.1, -0.05) is 11.6 Å². The topological polar surface area (TPSA) is 66.9 Å². The summed E-state index contributed by atoms with van der Waals surface area (Å²) in [6.45, 7) is 5.04. The number of carbonyl (C=O) groups is 1. The van der Waals surface area contributed by atoms with E-state index in [1.165, 1.54) is 0 Å². The molecule has 0 fully saturated rings. The zero-order chi connectivity index (χ0) is 14.5. The number of amides is 1. The first-order valence-corrected chi connectivity index (χ1v) is 7.39. The van der Waals surface area contributed by atoms with E-state index in [0.29, 0.717) is 17.4 Å². The van der Waals surface area contributed by atoms with Gasteiger partial charge in [0.2, 0.25) is 0 Å². The highest BCUT2D eigenvalue weighted by molar-refractivity contribution is 7.11. The molecule has 0 aliphatic carbocycles. The minimum atomic E-state index is -0.303. The van der Waals surface area contributed by atoms with E-state index in [4.69, 9.17) is 11.6 Å². The van der Waals surface area contributed by atoms with Crippen LogP contribution in [0.1, 0.15) is 27.3 Å².